The molecule has 0 aliphatic heterocycles. The molecule has 21 heavy (non-hydrogen) atoms. The molecule has 5 nitrogen and oxygen atoms in total. The van der Waals surface area contributed by atoms with Crippen molar-refractivity contribution in [2.75, 3.05) is 20.8 Å². The van der Waals surface area contributed by atoms with Gasteiger partial charge in [0.2, 0.25) is 0 Å². The molecule has 0 bridgehead atoms. The van der Waals surface area contributed by atoms with E-state index in [1.807, 2.05) is 0 Å². The summed E-state index contributed by atoms with van der Waals surface area (Å²) in [6.07, 6.45) is 0. The summed E-state index contributed by atoms with van der Waals surface area (Å²) >= 11 is 0. The van der Waals surface area contributed by atoms with Gasteiger partial charge in [0.1, 0.15) is 23.0 Å². The number of carbonyl (C=O) groups excluding carboxylic acids is 1. The number of aliphatic carboxylic acids is 1. The second kappa shape index (κ2) is 6.13. The van der Waals surface area contributed by atoms with Crippen molar-refractivity contribution in [2.45, 2.75) is 12.5 Å². The minimum atomic E-state index is -1.83. The van der Waals surface area contributed by atoms with Crippen molar-refractivity contribution in [3.8, 4) is 0 Å². The standard InChI is InChI=1S/C13H14F3NO4/c1-13(6-21-3,12(19)20)17(2)11(18)10-8(15)4-7(14)5-9(10)16/h4-5H,6H2,1-3H3,(H,19,20). The fourth-order valence-electron chi connectivity index (χ4n) is 1.72. The molecule has 1 aromatic rings. The summed E-state index contributed by atoms with van der Waals surface area (Å²) in [7, 11) is 2.29. The summed E-state index contributed by atoms with van der Waals surface area (Å²) in [4.78, 5) is 24.1. The van der Waals surface area contributed by atoms with Crippen LogP contribution in [0.5, 0.6) is 0 Å². The molecule has 0 heterocycles. The number of likely N-dealkylation sites (N-methyl/N-ethyl adjacent to an activating group) is 1. The maximum Gasteiger partial charge on any atom is 0.331 e. The summed E-state index contributed by atoms with van der Waals surface area (Å²) in [5, 5.41) is 9.19. The molecule has 1 rings (SSSR count). The van der Waals surface area contributed by atoms with Gasteiger partial charge in [-0.25, -0.2) is 18.0 Å². The summed E-state index contributed by atoms with van der Waals surface area (Å²) in [6.45, 7) is 0.769. The molecule has 1 atom stereocenters. The summed E-state index contributed by atoms with van der Waals surface area (Å²) in [5.74, 6) is -6.64. The lowest BCUT2D eigenvalue weighted by atomic mass is 10.0. The van der Waals surface area contributed by atoms with E-state index < -0.39 is 47.0 Å². The van der Waals surface area contributed by atoms with Crippen LogP contribution in [0.25, 0.3) is 0 Å². The first-order chi connectivity index (χ1) is 9.65. The van der Waals surface area contributed by atoms with E-state index in [-0.39, 0.29) is 0 Å². The second-order valence-corrected chi connectivity index (χ2v) is 4.62. The fourth-order valence-corrected chi connectivity index (χ4v) is 1.72. The number of amides is 1. The van der Waals surface area contributed by atoms with E-state index in [9.17, 15) is 27.9 Å². The van der Waals surface area contributed by atoms with E-state index >= 15 is 0 Å². The maximum atomic E-state index is 13.6. The van der Waals surface area contributed by atoms with Gasteiger partial charge in [0.05, 0.1) is 6.61 Å². The van der Waals surface area contributed by atoms with Gasteiger partial charge in [-0.1, -0.05) is 0 Å². The molecule has 116 valence electrons. The van der Waals surface area contributed by atoms with Crippen LogP contribution in [0.15, 0.2) is 12.1 Å². The average Bonchev–Trinajstić information content (AvgIpc) is 2.36. The normalized spacial score (nSPS) is 13.6. The average molecular weight is 305 g/mol. The molecule has 0 aromatic heterocycles. The highest BCUT2D eigenvalue weighted by atomic mass is 19.1. The number of rotatable bonds is 5. The van der Waals surface area contributed by atoms with Crippen LogP contribution >= 0.6 is 0 Å². The van der Waals surface area contributed by atoms with Crippen molar-refractivity contribution in [2.24, 2.45) is 0 Å². The van der Waals surface area contributed by atoms with Crippen molar-refractivity contribution in [1.82, 2.24) is 4.90 Å². The minimum Gasteiger partial charge on any atom is -0.479 e. The van der Waals surface area contributed by atoms with E-state index in [1.165, 1.54) is 7.11 Å². The third kappa shape index (κ3) is 3.15. The van der Waals surface area contributed by atoms with Crippen LogP contribution in [-0.2, 0) is 9.53 Å². The van der Waals surface area contributed by atoms with Crippen molar-refractivity contribution in [3.05, 3.63) is 35.1 Å². The fraction of sp³-hybridized carbons (Fsp3) is 0.385. The van der Waals surface area contributed by atoms with Crippen LogP contribution in [0, 0.1) is 17.5 Å². The van der Waals surface area contributed by atoms with Crippen molar-refractivity contribution < 1.29 is 32.6 Å². The first-order valence-corrected chi connectivity index (χ1v) is 5.80. The number of ether oxygens (including phenoxy) is 1. The number of methoxy groups -OCH3 is 1. The van der Waals surface area contributed by atoms with Gasteiger partial charge in [0, 0.05) is 26.3 Å². The number of carboxylic acids is 1. The Morgan fingerprint density at radius 1 is 1.29 bits per heavy atom. The predicted octanol–water partition coefficient (Wildman–Crippen LogP) is 1.67. The third-order valence-electron chi connectivity index (χ3n) is 3.15. The lowest BCUT2D eigenvalue weighted by molar-refractivity contribution is -0.151. The Kier molecular flexibility index (Phi) is 4.95. The highest BCUT2D eigenvalue weighted by Crippen LogP contribution is 2.22. The Bertz CT molecular complexity index is 556. The molecule has 0 aliphatic carbocycles. The van der Waals surface area contributed by atoms with E-state index in [2.05, 4.69) is 0 Å². The summed E-state index contributed by atoms with van der Waals surface area (Å²) in [5.41, 5.74) is -2.86. The predicted molar refractivity (Wildman–Crippen MR) is 66.3 cm³/mol. The zero-order chi connectivity index (χ0) is 16.4. The molecule has 0 radical (unpaired) electrons. The molecule has 0 aliphatic rings. The highest BCUT2D eigenvalue weighted by Gasteiger charge is 2.42. The zero-order valence-electron chi connectivity index (χ0n) is 11.6. The Labute approximate surface area is 118 Å². The van der Waals surface area contributed by atoms with Gasteiger partial charge < -0.3 is 14.7 Å². The first-order valence-electron chi connectivity index (χ1n) is 5.80. The van der Waals surface area contributed by atoms with Gasteiger partial charge in [-0.3, -0.25) is 4.79 Å². The lowest BCUT2D eigenvalue weighted by Crippen LogP contribution is -2.56. The number of nitrogens with zero attached hydrogens (tertiary/aromatic N) is 1. The Morgan fingerprint density at radius 2 is 1.76 bits per heavy atom. The van der Waals surface area contributed by atoms with Crippen LogP contribution in [0.4, 0.5) is 13.2 Å². The molecule has 0 spiro atoms. The zero-order valence-corrected chi connectivity index (χ0v) is 11.6. The number of carbonyl (C=O) groups is 2. The van der Waals surface area contributed by atoms with Crippen LogP contribution in [-0.4, -0.2) is 48.2 Å². The molecule has 1 amide bonds. The van der Waals surface area contributed by atoms with Gasteiger partial charge in [-0.15, -0.1) is 0 Å². The Hall–Kier alpha value is -2.09. The van der Waals surface area contributed by atoms with E-state index in [0.717, 1.165) is 14.0 Å². The second-order valence-electron chi connectivity index (χ2n) is 4.62. The summed E-state index contributed by atoms with van der Waals surface area (Å²) in [6, 6.07) is 0.692. The molecule has 1 aromatic carbocycles. The number of halogens is 3. The van der Waals surface area contributed by atoms with Crippen LogP contribution in [0.2, 0.25) is 0 Å². The van der Waals surface area contributed by atoms with Crippen molar-refractivity contribution in [3.63, 3.8) is 0 Å². The Morgan fingerprint density at radius 3 is 2.14 bits per heavy atom. The molecule has 1 unspecified atom stereocenters. The van der Waals surface area contributed by atoms with Crippen LogP contribution in [0.3, 0.4) is 0 Å². The quantitative estimate of drug-likeness (QED) is 0.898. The van der Waals surface area contributed by atoms with Crippen LogP contribution in [0.1, 0.15) is 17.3 Å². The van der Waals surface area contributed by atoms with E-state index in [1.54, 1.807) is 0 Å². The lowest BCUT2D eigenvalue weighted by Gasteiger charge is -2.34. The topological polar surface area (TPSA) is 66.8 Å². The number of carboxylic acid groups (broad SMARTS) is 1. The molecule has 8 heteroatoms. The third-order valence-corrected chi connectivity index (χ3v) is 3.15. The Balaban J connectivity index is 3.27. The van der Waals surface area contributed by atoms with Gasteiger partial charge in [0.25, 0.3) is 5.91 Å². The largest absolute Gasteiger partial charge is 0.479 e. The van der Waals surface area contributed by atoms with Gasteiger partial charge in [-0.05, 0) is 6.92 Å². The molecule has 1 N–H and O–H groups in total. The van der Waals surface area contributed by atoms with Gasteiger partial charge in [-0.2, -0.15) is 0 Å². The van der Waals surface area contributed by atoms with Crippen LogP contribution < -0.4 is 0 Å². The maximum absolute atomic E-state index is 13.6. The minimum absolute atomic E-state index is 0.346. The molecule has 0 fully saturated rings. The summed E-state index contributed by atoms with van der Waals surface area (Å²) < 4.78 is 44.8. The number of hydrogen-bond acceptors (Lipinski definition) is 3. The van der Waals surface area contributed by atoms with Crippen molar-refractivity contribution in [1.29, 1.82) is 0 Å². The number of hydrogen-bond donors (Lipinski definition) is 1. The molecule has 0 saturated heterocycles. The first kappa shape index (κ1) is 17.0. The monoisotopic (exact) mass is 305 g/mol. The van der Waals surface area contributed by atoms with Crippen molar-refractivity contribution >= 4 is 11.9 Å². The molecular weight excluding hydrogens is 291 g/mol. The molecular formula is C13H14F3NO4. The molecule has 0 saturated carbocycles. The van der Waals surface area contributed by atoms with E-state index in [0.29, 0.717) is 17.0 Å². The van der Waals surface area contributed by atoms with Gasteiger partial charge >= 0.3 is 5.97 Å². The SMILES string of the molecule is COCC(C)(C(=O)O)N(C)C(=O)c1c(F)cc(F)cc1F. The number of benzene rings is 1. The highest BCUT2D eigenvalue weighted by molar-refractivity contribution is 5.98. The van der Waals surface area contributed by atoms with E-state index in [4.69, 9.17) is 4.74 Å². The van der Waals surface area contributed by atoms with Gasteiger partial charge in [0.15, 0.2) is 5.54 Å². The smallest absolute Gasteiger partial charge is 0.331 e.